The number of piperidine rings is 1. The number of piperazine rings is 1. The molecule has 0 aromatic heterocycles. The van der Waals surface area contributed by atoms with E-state index in [4.69, 9.17) is 0 Å². The second kappa shape index (κ2) is 10.2. The van der Waals surface area contributed by atoms with Crippen LogP contribution >= 0.6 is 0 Å². The highest BCUT2D eigenvalue weighted by molar-refractivity contribution is 7.89. The predicted octanol–water partition coefficient (Wildman–Crippen LogP) is 0.826. The zero-order valence-electron chi connectivity index (χ0n) is 17.5. The summed E-state index contributed by atoms with van der Waals surface area (Å²) in [5.41, 5.74) is 0. The van der Waals surface area contributed by atoms with Gasteiger partial charge in [-0.1, -0.05) is 20.8 Å². The summed E-state index contributed by atoms with van der Waals surface area (Å²) >= 11 is 0. The van der Waals surface area contributed by atoms with Gasteiger partial charge in [-0.3, -0.25) is 9.69 Å². The number of rotatable bonds is 8. The van der Waals surface area contributed by atoms with Gasteiger partial charge in [0.05, 0.1) is 11.7 Å². The number of nitrogens with zero attached hydrogens (tertiary/aromatic N) is 3. The van der Waals surface area contributed by atoms with Gasteiger partial charge in [-0.2, -0.15) is 0 Å². The van der Waals surface area contributed by atoms with E-state index in [1.165, 1.54) is 4.31 Å². The van der Waals surface area contributed by atoms with Crippen molar-refractivity contribution in [3.8, 4) is 0 Å². The molecule has 2 heterocycles. The smallest absolute Gasteiger partial charge is 0.224 e. The van der Waals surface area contributed by atoms with Crippen molar-refractivity contribution in [2.75, 3.05) is 58.6 Å². The second-order valence-electron chi connectivity index (χ2n) is 8.41. The molecule has 1 N–H and O–H groups in total. The number of hydrogen-bond donors (Lipinski definition) is 1. The molecule has 0 spiro atoms. The highest BCUT2D eigenvalue weighted by Crippen LogP contribution is 2.20. The third kappa shape index (κ3) is 6.41. The lowest BCUT2D eigenvalue weighted by atomic mass is 9.97. The van der Waals surface area contributed by atoms with Crippen molar-refractivity contribution in [2.45, 2.75) is 46.1 Å². The molecule has 2 aliphatic heterocycles. The van der Waals surface area contributed by atoms with E-state index in [1.807, 2.05) is 6.92 Å². The summed E-state index contributed by atoms with van der Waals surface area (Å²) in [6.45, 7) is 12.0. The summed E-state index contributed by atoms with van der Waals surface area (Å²) < 4.78 is 26.2. The van der Waals surface area contributed by atoms with Crippen LogP contribution in [0.4, 0.5) is 0 Å². The zero-order chi connectivity index (χ0) is 20.0. The minimum Gasteiger partial charge on any atom is -0.354 e. The topological polar surface area (TPSA) is 73.0 Å². The van der Waals surface area contributed by atoms with Crippen LogP contribution in [0, 0.1) is 11.8 Å². The monoisotopic (exact) mass is 402 g/mol. The molecule has 0 aromatic carbocycles. The van der Waals surface area contributed by atoms with E-state index in [1.54, 1.807) is 0 Å². The van der Waals surface area contributed by atoms with Crippen LogP contribution < -0.4 is 5.32 Å². The van der Waals surface area contributed by atoms with Crippen LogP contribution in [-0.4, -0.2) is 93.1 Å². The first-order chi connectivity index (χ1) is 12.7. The average Bonchev–Trinajstić information content (AvgIpc) is 2.63. The van der Waals surface area contributed by atoms with E-state index in [0.717, 1.165) is 39.0 Å². The molecule has 0 bridgehead atoms. The van der Waals surface area contributed by atoms with Gasteiger partial charge >= 0.3 is 0 Å². The molecule has 2 aliphatic rings. The van der Waals surface area contributed by atoms with E-state index >= 15 is 0 Å². The Hall–Kier alpha value is -0.700. The second-order valence-corrected chi connectivity index (χ2v) is 10.5. The zero-order valence-corrected chi connectivity index (χ0v) is 18.3. The summed E-state index contributed by atoms with van der Waals surface area (Å²) in [5, 5.41) is 3.13. The van der Waals surface area contributed by atoms with Crippen LogP contribution in [0.25, 0.3) is 0 Å². The summed E-state index contributed by atoms with van der Waals surface area (Å²) in [6.07, 6.45) is 2.13. The van der Waals surface area contributed by atoms with E-state index in [-0.39, 0.29) is 17.6 Å². The number of hydrogen-bond acceptors (Lipinski definition) is 5. The van der Waals surface area contributed by atoms with Crippen LogP contribution in [0.15, 0.2) is 0 Å². The molecule has 158 valence electrons. The normalized spacial score (nSPS) is 24.9. The molecule has 8 heteroatoms. The fourth-order valence-electron chi connectivity index (χ4n) is 4.09. The highest BCUT2D eigenvalue weighted by Gasteiger charge is 2.32. The van der Waals surface area contributed by atoms with Crippen LogP contribution in [0.2, 0.25) is 0 Å². The standard InChI is InChI=1S/C19H38N4O3S/c1-5-13-27(25,26)23-8-6-7-17(15-23)19(24)20-14-18(16(2)3)22-11-9-21(4)10-12-22/h16-18H,5-15H2,1-4H3,(H,20,24). The van der Waals surface area contributed by atoms with Gasteiger partial charge in [-0.15, -0.1) is 0 Å². The maximum absolute atomic E-state index is 12.7. The van der Waals surface area contributed by atoms with E-state index in [2.05, 4.69) is 36.0 Å². The lowest BCUT2D eigenvalue weighted by Gasteiger charge is -2.40. The first-order valence-corrected chi connectivity index (χ1v) is 12.0. The molecule has 0 saturated carbocycles. The van der Waals surface area contributed by atoms with Gasteiger partial charge in [0.1, 0.15) is 0 Å². The van der Waals surface area contributed by atoms with Crippen molar-refractivity contribution in [1.29, 1.82) is 0 Å². The van der Waals surface area contributed by atoms with Crippen molar-refractivity contribution in [3.05, 3.63) is 0 Å². The summed E-state index contributed by atoms with van der Waals surface area (Å²) in [7, 11) is -1.08. The lowest BCUT2D eigenvalue weighted by Crippen LogP contribution is -2.55. The molecule has 2 rings (SSSR count). The van der Waals surface area contributed by atoms with E-state index in [9.17, 15) is 13.2 Å². The van der Waals surface area contributed by atoms with Crippen LogP contribution in [0.1, 0.15) is 40.0 Å². The van der Waals surface area contributed by atoms with Crippen LogP contribution in [0.3, 0.4) is 0 Å². The fraction of sp³-hybridized carbons (Fsp3) is 0.947. The maximum atomic E-state index is 12.7. The SMILES string of the molecule is CCCS(=O)(=O)N1CCCC(C(=O)NCC(C(C)C)N2CCN(C)CC2)C1. The van der Waals surface area contributed by atoms with Crippen molar-refractivity contribution < 1.29 is 13.2 Å². The van der Waals surface area contributed by atoms with Crippen molar-refractivity contribution >= 4 is 15.9 Å². The maximum Gasteiger partial charge on any atom is 0.224 e. The number of sulfonamides is 1. The van der Waals surface area contributed by atoms with Gasteiger partial charge in [-0.05, 0) is 32.2 Å². The number of carbonyl (C=O) groups excluding carboxylic acids is 1. The minimum absolute atomic E-state index is 0.00572. The Morgan fingerprint density at radius 2 is 1.81 bits per heavy atom. The first kappa shape index (κ1) is 22.6. The van der Waals surface area contributed by atoms with E-state index < -0.39 is 10.0 Å². The molecule has 0 radical (unpaired) electrons. The van der Waals surface area contributed by atoms with Gasteiger partial charge in [0, 0.05) is 51.9 Å². The summed E-state index contributed by atoms with van der Waals surface area (Å²) in [5.74, 6) is 0.401. The minimum atomic E-state index is -3.23. The molecular formula is C19H38N4O3S. The third-order valence-corrected chi connectivity index (χ3v) is 7.91. The highest BCUT2D eigenvalue weighted by atomic mass is 32.2. The molecule has 0 aromatic rings. The Morgan fingerprint density at radius 1 is 1.15 bits per heavy atom. The van der Waals surface area contributed by atoms with Crippen LogP contribution in [0.5, 0.6) is 0 Å². The number of carbonyl (C=O) groups is 1. The first-order valence-electron chi connectivity index (χ1n) is 10.4. The Bertz CT molecular complexity index is 574. The Balaban J connectivity index is 1.89. The molecule has 2 fully saturated rings. The molecule has 1 amide bonds. The average molecular weight is 403 g/mol. The molecule has 2 unspecified atom stereocenters. The lowest BCUT2D eigenvalue weighted by molar-refractivity contribution is -0.126. The third-order valence-electron chi connectivity index (χ3n) is 5.87. The number of nitrogens with one attached hydrogen (secondary N) is 1. The molecule has 0 aliphatic carbocycles. The Morgan fingerprint density at radius 3 is 2.41 bits per heavy atom. The van der Waals surface area contributed by atoms with Gasteiger partial charge < -0.3 is 10.2 Å². The Kier molecular flexibility index (Phi) is 8.52. The molecular weight excluding hydrogens is 364 g/mol. The molecule has 2 atom stereocenters. The van der Waals surface area contributed by atoms with Crippen LogP contribution in [-0.2, 0) is 14.8 Å². The quantitative estimate of drug-likeness (QED) is 0.651. The summed E-state index contributed by atoms with van der Waals surface area (Å²) in [4.78, 5) is 17.5. The largest absolute Gasteiger partial charge is 0.354 e. The van der Waals surface area contributed by atoms with Crippen molar-refractivity contribution in [2.24, 2.45) is 11.8 Å². The van der Waals surface area contributed by atoms with Crippen molar-refractivity contribution in [3.63, 3.8) is 0 Å². The summed E-state index contributed by atoms with van der Waals surface area (Å²) in [6, 6.07) is 0.325. The predicted molar refractivity (Wildman–Crippen MR) is 109 cm³/mol. The molecule has 27 heavy (non-hydrogen) atoms. The molecule has 7 nitrogen and oxygen atoms in total. The Labute approximate surface area is 165 Å². The van der Waals surface area contributed by atoms with Gasteiger partial charge in [-0.25, -0.2) is 12.7 Å². The van der Waals surface area contributed by atoms with Gasteiger partial charge in [0.2, 0.25) is 15.9 Å². The fourth-order valence-corrected chi connectivity index (χ4v) is 5.67. The van der Waals surface area contributed by atoms with Gasteiger partial charge in [0.15, 0.2) is 0 Å². The number of amides is 1. The number of likely N-dealkylation sites (N-methyl/N-ethyl adjacent to an activating group) is 1. The van der Waals surface area contributed by atoms with Gasteiger partial charge in [0.25, 0.3) is 0 Å². The van der Waals surface area contributed by atoms with Crippen molar-refractivity contribution in [1.82, 2.24) is 19.4 Å². The van der Waals surface area contributed by atoms with E-state index in [0.29, 0.717) is 38.0 Å². The molecule has 2 saturated heterocycles.